The summed E-state index contributed by atoms with van der Waals surface area (Å²) in [6.07, 6.45) is 0. The van der Waals surface area contributed by atoms with Gasteiger partial charge in [0.05, 0.1) is 40.8 Å². The van der Waals surface area contributed by atoms with E-state index in [0.29, 0.717) is 11.4 Å². The van der Waals surface area contributed by atoms with Gasteiger partial charge in [-0.25, -0.2) is 13.4 Å². The molecule has 0 fully saturated rings. The van der Waals surface area contributed by atoms with Crippen LogP contribution in [0.5, 0.6) is 5.75 Å². The summed E-state index contributed by atoms with van der Waals surface area (Å²) >= 11 is 7.35. The third kappa shape index (κ3) is 4.67. The molecule has 24 heavy (non-hydrogen) atoms. The molecule has 2 aromatic rings. The highest BCUT2D eigenvalue weighted by atomic mass is 35.5. The standard InChI is InChI=1S/C14H16ClN3O4S2/c1-9(14(19)16-6-10-7-23-8-17-10)18-24(20,21)11-3-4-13(22-2)12(15)5-11/h3-5,7-9,18H,6H2,1-2H3,(H,16,19)/t9-/m0/s1. The molecule has 2 N–H and O–H groups in total. The van der Waals surface area contributed by atoms with Gasteiger partial charge >= 0.3 is 0 Å². The van der Waals surface area contributed by atoms with Crippen LogP contribution in [-0.4, -0.2) is 32.5 Å². The van der Waals surface area contributed by atoms with Gasteiger partial charge in [0, 0.05) is 5.38 Å². The van der Waals surface area contributed by atoms with Crippen LogP contribution < -0.4 is 14.8 Å². The predicted molar refractivity (Wildman–Crippen MR) is 91.7 cm³/mol. The van der Waals surface area contributed by atoms with Crippen LogP contribution in [0.2, 0.25) is 5.02 Å². The second kappa shape index (κ2) is 7.93. The number of rotatable bonds is 7. The van der Waals surface area contributed by atoms with Crippen molar-refractivity contribution in [2.24, 2.45) is 0 Å². The van der Waals surface area contributed by atoms with Crippen molar-refractivity contribution < 1.29 is 17.9 Å². The van der Waals surface area contributed by atoms with Gasteiger partial charge in [0.1, 0.15) is 5.75 Å². The fourth-order valence-electron chi connectivity index (χ4n) is 1.82. The molecule has 130 valence electrons. The molecule has 0 aliphatic rings. The normalized spacial score (nSPS) is 12.6. The van der Waals surface area contributed by atoms with Crippen molar-refractivity contribution in [2.75, 3.05) is 7.11 Å². The maximum atomic E-state index is 12.3. The van der Waals surface area contributed by atoms with E-state index in [1.165, 1.54) is 43.6 Å². The number of amides is 1. The van der Waals surface area contributed by atoms with E-state index in [1.807, 2.05) is 0 Å². The predicted octanol–water partition coefficient (Wildman–Crippen LogP) is 1.79. The summed E-state index contributed by atoms with van der Waals surface area (Å²) in [7, 11) is -2.46. The first kappa shape index (κ1) is 18.7. The summed E-state index contributed by atoms with van der Waals surface area (Å²) in [6.45, 7) is 1.70. The molecular weight excluding hydrogens is 374 g/mol. The zero-order valence-electron chi connectivity index (χ0n) is 12.9. The minimum absolute atomic E-state index is 0.0487. The number of thiazole rings is 1. The molecule has 0 unspecified atom stereocenters. The minimum atomic E-state index is -3.89. The molecule has 1 heterocycles. The fraction of sp³-hybridized carbons (Fsp3) is 0.286. The van der Waals surface area contributed by atoms with Gasteiger partial charge in [-0.2, -0.15) is 4.72 Å². The number of hydrogen-bond acceptors (Lipinski definition) is 6. The monoisotopic (exact) mass is 389 g/mol. The molecule has 7 nitrogen and oxygen atoms in total. The number of carbonyl (C=O) groups excluding carboxylic acids is 1. The number of nitrogens with one attached hydrogen (secondary N) is 2. The van der Waals surface area contributed by atoms with E-state index in [1.54, 1.807) is 10.9 Å². The molecule has 0 radical (unpaired) electrons. The Kier molecular flexibility index (Phi) is 6.16. The van der Waals surface area contributed by atoms with Crippen molar-refractivity contribution in [3.05, 3.63) is 39.8 Å². The Morgan fingerprint density at radius 1 is 1.46 bits per heavy atom. The Balaban J connectivity index is 2.02. The fourth-order valence-corrected chi connectivity index (χ4v) is 3.93. The molecule has 1 aromatic heterocycles. The molecular formula is C14H16ClN3O4S2. The molecule has 1 amide bonds. The second-order valence-corrected chi connectivity index (χ2v) is 7.68. The molecule has 2 rings (SSSR count). The van der Waals surface area contributed by atoms with E-state index in [-0.39, 0.29) is 16.5 Å². The largest absolute Gasteiger partial charge is 0.495 e. The first-order chi connectivity index (χ1) is 11.3. The number of aromatic nitrogens is 1. The molecule has 0 aliphatic heterocycles. The lowest BCUT2D eigenvalue weighted by Crippen LogP contribution is -2.44. The van der Waals surface area contributed by atoms with Gasteiger partial charge in [-0.3, -0.25) is 4.79 Å². The Morgan fingerprint density at radius 3 is 2.79 bits per heavy atom. The van der Waals surface area contributed by atoms with Gasteiger partial charge in [0.15, 0.2) is 0 Å². The summed E-state index contributed by atoms with van der Waals surface area (Å²) in [5, 5.41) is 4.59. The van der Waals surface area contributed by atoms with Gasteiger partial charge in [0.25, 0.3) is 0 Å². The highest BCUT2D eigenvalue weighted by Crippen LogP contribution is 2.26. The quantitative estimate of drug-likeness (QED) is 0.752. The van der Waals surface area contributed by atoms with Crippen LogP contribution in [0, 0.1) is 0 Å². The first-order valence-corrected chi connectivity index (χ1v) is 9.64. The topological polar surface area (TPSA) is 97.4 Å². The van der Waals surface area contributed by atoms with Crippen molar-refractivity contribution >= 4 is 38.9 Å². The molecule has 0 aliphatic carbocycles. The summed E-state index contributed by atoms with van der Waals surface area (Å²) in [5.74, 6) is -0.0872. The van der Waals surface area contributed by atoms with Gasteiger partial charge in [0.2, 0.25) is 15.9 Å². The molecule has 0 saturated heterocycles. The van der Waals surface area contributed by atoms with Crippen molar-refractivity contribution in [1.82, 2.24) is 15.0 Å². The van der Waals surface area contributed by atoms with Crippen molar-refractivity contribution in [3.63, 3.8) is 0 Å². The lowest BCUT2D eigenvalue weighted by molar-refractivity contribution is -0.122. The smallest absolute Gasteiger partial charge is 0.241 e. The minimum Gasteiger partial charge on any atom is -0.495 e. The SMILES string of the molecule is COc1ccc(S(=O)(=O)N[C@@H](C)C(=O)NCc2cscn2)cc1Cl. The van der Waals surface area contributed by atoms with Gasteiger partial charge in [-0.05, 0) is 25.1 Å². The summed E-state index contributed by atoms with van der Waals surface area (Å²) in [4.78, 5) is 16.0. The number of hydrogen-bond donors (Lipinski definition) is 2. The lowest BCUT2D eigenvalue weighted by Gasteiger charge is -2.14. The zero-order chi connectivity index (χ0) is 17.7. The average molecular weight is 390 g/mol. The van der Waals surface area contributed by atoms with Crippen molar-refractivity contribution in [1.29, 1.82) is 0 Å². The molecule has 0 bridgehead atoms. The number of methoxy groups -OCH3 is 1. The third-order valence-electron chi connectivity index (χ3n) is 3.09. The molecule has 0 saturated carbocycles. The van der Waals surface area contributed by atoms with E-state index >= 15 is 0 Å². The number of benzene rings is 1. The summed E-state index contributed by atoms with van der Waals surface area (Å²) in [6, 6.07) is 3.12. The summed E-state index contributed by atoms with van der Waals surface area (Å²) < 4.78 is 32.0. The first-order valence-electron chi connectivity index (χ1n) is 6.84. The number of nitrogens with zero attached hydrogens (tertiary/aromatic N) is 1. The lowest BCUT2D eigenvalue weighted by atomic mass is 10.3. The van der Waals surface area contributed by atoms with Crippen LogP contribution in [-0.2, 0) is 21.4 Å². The number of halogens is 1. The van der Waals surface area contributed by atoms with Crippen molar-refractivity contribution in [2.45, 2.75) is 24.4 Å². The Hall–Kier alpha value is -1.68. The summed E-state index contributed by atoms with van der Waals surface area (Å²) in [5.41, 5.74) is 2.37. The maximum Gasteiger partial charge on any atom is 0.241 e. The van der Waals surface area contributed by atoms with Crippen LogP contribution in [0.3, 0.4) is 0 Å². The van der Waals surface area contributed by atoms with Crippen LogP contribution >= 0.6 is 22.9 Å². The molecule has 1 aromatic carbocycles. The Labute approximate surface area is 149 Å². The van der Waals surface area contributed by atoms with Crippen molar-refractivity contribution in [3.8, 4) is 5.75 Å². The average Bonchev–Trinajstić information content (AvgIpc) is 3.05. The van der Waals surface area contributed by atoms with Crippen LogP contribution in [0.15, 0.2) is 34.0 Å². The zero-order valence-corrected chi connectivity index (χ0v) is 15.3. The van der Waals surface area contributed by atoms with E-state index < -0.39 is 22.0 Å². The Bertz CT molecular complexity index is 809. The van der Waals surface area contributed by atoms with E-state index in [0.717, 1.165) is 0 Å². The van der Waals surface area contributed by atoms with Gasteiger partial charge in [-0.1, -0.05) is 11.6 Å². The highest BCUT2D eigenvalue weighted by Gasteiger charge is 2.22. The number of carbonyl (C=O) groups is 1. The Morgan fingerprint density at radius 2 is 2.21 bits per heavy atom. The molecule has 0 spiro atoms. The van der Waals surface area contributed by atoms with Crippen LogP contribution in [0.25, 0.3) is 0 Å². The molecule has 10 heteroatoms. The molecule has 1 atom stereocenters. The van der Waals surface area contributed by atoms with Gasteiger partial charge < -0.3 is 10.1 Å². The number of ether oxygens (including phenoxy) is 1. The third-order valence-corrected chi connectivity index (χ3v) is 5.56. The van der Waals surface area contributed by atoms with E-state index in [9.17, 15) is 13.2 Å². The van der Waals surface area contributed by atoms with Gasteiger partial charge in [-0.15, -0.1) is 11.3 Å². The maximum absolute atomic E-state index is 12.3. The van der Waals surface area contributed by atoms with E-state index in [4.69, 9.17) is 16.3 Å². The highest BCUT2D eigenvalue weighted by molar-refractivity contribution is 7.89. The van der Waals surface area contributed by atoms with Crippen LogP contribution in [0.4, 0.5) is 0 Å². The second-order valence-electron chi connectivity index (χ2n) is 4.84. The number of sulfonamides is 1. The van der Waals surface area contributed by atoms with E-state index in [2.05, 4.69) is 15.0 Å². The van der Waals surface area contributed by atoms with Crippen LogP contribution in [0.1, 0.15) is 12.6 Å².